The average molecular weight is 360 g/mol. The first-order valence-corrected chi connectivity index (χ1v) is 10.2. The van der Waals surface area contributed by atoms with Gasteiger partial charge >= 0.3 is 0 Å². The maximum atomic E-state index is 6.26. The first kappa shape index (κ1) is 18.1. The van der Waals surface area contributed by atoms with Gasteiger partial charge in [-0.1, -0.05) is 0 Å². The molecule has 2 saturated heterocycles. The molecule has 2 aliphatic heterocycles. The number of morpholine rings is 1. The highest BCUT2D eigenvalue weighted by Crippen LogP contribution is 2.34. The van der Waals surface area contributed by atoms with Gasteiger partial charge in [0.05, 0.1) is 26.4 Å². The second kappa shape index (κ2) is 8.59. The Balaban J connectivity index is 1.28. The van der Waals surface area contributed by atoms with Crippen LogP contribution in [0.25, 0.3) is 0 Å². The van der Waals surface area contributed by atoms with E-state index >= 15 is 0 Å². The normalized spacial score (nSPS) is 27.3. The molecule has 2 heterocycles. The molecular weight excluding hydrogens is 328 g/mol. The van der Waals surface area contributed by atoms with Gasteiger partial charge in [0.25, 0.3) is 0 Å². The zero-order valence-electron chi connectivity index (χ0n) is 16.0. The summed E-state index contributed by atoms with van der Waals surface area (Å²) in [4.78, 5) is 5.04. The minimum atomic E-state index is 0.370. The van der Waals surface area contributed by atoms with Crippen molar-refractivity contribution in [3.8, 4) is 11.5 Å². The predicted molar refractivity (Wildman–Crippen MR) is 102 cm³/mol. The largest absolute Gasteiger partial charge is 0.496 e. The summed E-state index contributed by atoms with van der Waals surface area (Å²) in [6.07, 6.45) is 5.33. The Morgan fingerprint density at radius 3 is 2.54 bits per heavy atom. The van der Waals surface area contributed by atoms with Crippen LogP contribution in [0.2, 0.25) is 0 Å². The molecule has 1 saturated carbocycles. The van der Waals surface area contributed by atoms with Gasteiger partial charge in [-0.15, -0.1) is 0 Å². The second-order valence-electron chi connectivity index (χ2n) is 7.95. The number of ether oxygens (including phenoxy) is 3. The Bertz CT molecular complexity index is 577. The van der Waals surface area contributed by atoms with Crippen molar-refractivity contribution in [2.75, 3.05) is 53.0 Å². The van der Waals surface area contributed by atoms with Crippen molar-refractivity contribution >= 4 is 0 Å². The summed E-state index contributed by atoms with van der Waals surface area (Å²) in [7, 11) is 1.76. The minimum absolute atomic E-state index is 0.370. The molecule has 5 heteroatoms. The molecule has 3 aliphatic rings. The van der Waals surface area contributed by atoms with Gasteiger partial charge in [-0.3, -0.25) is 9.80 Å². The van der Waals surface area contributed by atoms with Gasteiger partial charge in [0.15, 0.2) is 0 Å². The Labute approximate surface area is 157 Å². The molecule has 0 aromatic heterocycles. The van der Waals surface area contributed by atoms with Gasteiger partial charge < -0.3 is 14.2 Å². The Kier molecular flexibility index (Phi) is 5.98. The van der Waals surface area contributed by atoms with Crippen LogP contribution in [-0.4, -0.2) is 69.0 Å². The molecule has 1 aliphatic carbocycles. The van der Waals surface area contributed by atoms with E-state index in [2.05, 4.69) is 28.0 Å². The molecule has 0 unspecified atom stereocenters. The fourth-order valence-electron chi connectivity index (χ4n) is 4.39. The van der Waals surface area contributed by atoms with Crippen molar-refractivity contribution in [3.63, 3.8) is 0 Å². The molecule has 0 spiro atoms. The minimum Gasteiger partial charge on any atom is -0.496 e. The average Bonchev–Trinajstić information content (AvgIpc) is 3.14. The van der Waals surface area contributed by atoms with E-state index in [1.54, 1.807) is 7.11 Å². The highest BCUT2D eigenvalue weighted by atomic mass is 16.5. The zero-order valence-corrected chi connectivity index (χ0v) is 16.0. The van der Waals surface area contributed by atoms with E-state index in [1.165, 1.54) is 50.9 Å². The van der Waals surface area contributed by atoms with E-state index in [0.717, 1.165) is 50.3 Å². The molecule has 3 fully saturated rings. The lowest BCUT2D eigenvalue weighted by molar-refractivity contribution is 0.000102. The lowest BCUT2D eigenvalue weighted by Gasteiger charge is -2.39. The third-order valence-electron chi connectivity index (χ3n) is 5.96. The fourth-order valence-corrected chi connectivity index (χ4v) is 4.39. The first-order chi connectivity index (χ1) is 12.8. The topological polar surface area (TPSA) is 34.2 Å². The smallest absolute Gasteiger partial charge is 0.123 e. The summed E-state index contributed by atoms with van der Waals surface area (Å²) < 4.78 is 17.2. The maximum absolute atomic E-state index is 6.26. The summed E-state index contributed by atoms with van der Waals surface area (Å²) in [5, 5.41) is 0. The summed E-state index contributed by atoms with van der Waals surface area (Å²) in [5.74, 6) is 2.75. The highest BCUT2D eigenvalue weighted by molar-refractivity contribution is 5.40. The molecule has 1 aromatic carbocycles. The maximum Gasteiger partial charge on any atom is 0.123 e. The van der Waals surface area contributed by atoms with Crippen molar-refractivity contribution in [2.24, 2.45) is 5.92 Å². The molecule has 0 bridgehead atoms. The first-order valence-electron chi connectivity index (χ1n) is 10.2. The Hall–Kier alpha value is -1.30. The number of benzene rings is 1. The van der Waals surface area contributed by atoms with E-state index in [9.17, 15) is 0 Å². The number of methoxy groups -OCH3 is 1. The Morgan fingerprint density at radius 2 is 1.81 bits per heavy atom. The van der Waals surface area contributed by atoms with Crippen LogP contribution in [0.5, 0.6) is 11.5 Å². The number of nitrogens with zero attached hydrogens (tertiary/aromatic N) is 2. The zero-order chi connectivity index (χ0) is 17.8. The van der Waals surface area contributed by atoms with Crippen LogP contribution < -0.4 is 9.47 Å². The van der Waals surface area contributed by atoms with Crippen molar-refractivity contribution in [2.45, 2.75) is 38.3 Å². The third-order valence-corrected chi connectivity index (χ3v) is 5.96. The molecule has 0 amide bonds. The molecule has 4 rings (SSSR count). The van der Waals surface area contributed by atoms with Crippen LogP contribution in [0.15, 0.2) is 18.2 Å². The van der Waals surface area contributed by atoms with Gasteiger partial charge in [0, 0.05) is 31.7 Å². The van der Waals surface area contributed by atoms with Crippen molar-refractivity contribution in [3.05, 3.63) is 23.8 Å². The third kappa shape index (κ3) is 4.51. The molecular formula is C21H32N2O3. The SMILES string of the molecule is COc1ccc(OC2CC(CN3CCOCC3)C2)cc1CN1CCCC1. The van der Waals surface area contributed by atoms with Gasteiger partial charge in [-0.05, 0) is 62.9 Å². The summed E-state index contributed by atoms with van der Waals surface area (Å²) in [6, 6.07) is 6.30. The van der Waals surface area contributed by atoms with Gasteiger partial charge in [0.2, 0.25) is 0 Å². The lowest BCUT2D eigenvalue weighted by Crippen LogP contribution is -2.45. The van der Waals surface area contributed by atoms with Gasteiger partial charge in [-0.25, -0.2) is 0 Å². The monoisotopic (exact) mass is 360 g/mol. The number of likely N-dealkylation sites (tertiary alicyclic amines) is 1. The van der Waals surface area contributed by atoms with Crippen LogP contribution in [0.4, 0.5) is 0 Å². The molecule has 144 valence electrons. The highest BCUT2D eigenvalue weighted by Gasteiger charge is 2.32. The second-order valence-corrected chi connectivity index (χ2v) is 7.95. The van der Waals surface area contributed by atoms with Crippen LogP contribution in [-0.2, 0) is 11.3 Å². The molecule has 0 radical (unpaired) electrons. The molecule has 1 aromatic rings. The van der Waals surface area contributed by atoms with Crippen molar-refractivity contribution in [1.82, 2.24) is 9.80 Å². The van der Waals surface area contributed by atoms with Gasteiger partial charge in [-0.2, -0.15) is 0 Å². The van der Waals surface area contributed by atoms with E-state index in [1.807, 2.05) is 0 Å². The molecule has 5 nitrogen and oxygen atoms in total. The number of hydrogen-bond acceptors (Lipinski definition) is 5. The fraction of sp³-hybridized carbons (Fsp3) is 0.714. The van der Waals surface area contributed by atoms with Crippen LogP contribution >= 0.6 is 0 Å². The van der Waals surface area contributed by atoms with Gasteiger partial charge in [0.1, 0.15) is 11.5 Å². The van der Waals surface area contributed by atoms with Crippen molar-refractivity contribution in [1.29, 1.82) is 0 Å². The quantitative estimate of drug-likeness (QED) is 0.747. The van der Waals surface area contributed by atoms with Crippen molar-refractivity contribution < 1.29 is 14.2 Å². The van der Waals surface area contributed by atoms with E-state index < -0.39 is 0 Å². The van der Waals surface area contributed by atoms with E-state index in [-0.39, 0.29) is 0 Å². The summed E-state index contributed by atoms with van der Waals surface area (Å²) >= 11 is 0. The molecule has 26 heavy (non-hydrogen) atoms. The predicted octanol–water partition coefficient (Wildman–Crippen LogP) is 2.78. The summed E-state index contributed by atoms with van der Waals surface area (Å²) in [5.41, 5.74) is 1.25. The van der Waals surface area contributed by atoms with Crippen LogP contribution in [0.1, 0.15) is 31.2 Å². The molecule has 0 N–H and O–H groups in total. The van der Waals surface area contributed by atoms with Crippen LogP contribution in [0, 0.1) is 5.92 Å². The van der Waals surface area contributed by atoms with E-state index in [4.69, 9.17) is 14.2 Å². The van der Waals surface area contributed by atoms with E-state index in [0.29, 0.717) is 6.10 Å². The van der Waals surface area contributed by atoms with Crippen LogP contribution in [0.3, 0.4) is 0 Å². The number of hydrogen-bond donors (Lipinski definition) is 0. The molecule has 0 atom stereocenters. The lowest BCUT2D eigenvalue weighted by atomic mass is 9.81. The Morgan fingerprint density at radius 1 is 1.04 bits per heavy atom. The number of rotatable bonds is 7. The standard InChI is InChI=1S/C21H32N2O3/c1-24-21-5-4-19(14-18(21)16-22-6-2-3-7-22)26-20-12-17(13-20)15-23-8-10-25-11-9-23/h4-5,14,17,20H,2-3,6-13,15-16H2,1H3. The summed E-state index contributed by atoms with van der Waals surface area (Å²) in [6.45, 7) is 8.49.